The van der Waals surface area contributed by atoms with Gasteiger partial charge in [-0.25, -0.2) is 13.1 Å². The lowest BCUT2D eigenvalue weighted by molar-refractivity contribution is -0.122. The zero-order chi connectivity index (χ0) is 14.0. The van der Waals surface area contributed by atoms with Gasteiger partial charge in [0, 0.05) is 6.54 Å². The van der Waals surface area contributed by atoms with E-state index in [9.17, 15) is 13.2 Å². The van der Waals surface area contributed by atoms with Gasteiger partial charge >= 0.3 is 0 Å². The fourth-order valence-electron chi connectivity index (χ4n) is 3.56. The lowest BCUT2D eigenvalue weighted by Crippen LogP contribution is -2.46. The van der Waals surface area contributed by atoms with Crippen molar-refractivity contribution >= 4 is 15.9 Å². The normalized spacial score (nSPS) is 31.4. The van der Waals surface area contributed by atoms with Gasteiger partial charge in [0.1, 0.15) is 0 Å². The highest BCUT2D eigenvalue weighted by molar-refractivity contribution is 7.89. The Balaban J connectivity index is 1.86. The molecule has 0 radical (unpaired) electrons. The molecule has 0 aromatic rings. The smallest absolute Gasteiger partial charge is 0.237 e. The average molecular weight is 288 g/mol. The Morgan fingerprint density at radius 1 is 1.32 bits per heavy atom. The van der Waals surface area contributed by atoms with Crippen molar-refractivity contribution in [2.45, 2.75) is 45.6 Å². The molecule has 0 saturated heterocycles. The maximum Gasteiger partial charge on any atom is 0.237 e. The molecule has 0 spiro atoms. The van der Waals surface area contributed by atoms with E-state index in [1.165, 1.54) is 19.3 Å². The third-order valence-corrected chi connectivity index (χ3v) is 6.00. The lowest BCUT2D eigenvalue weighted by Gasteiger charge is -2.22. The molecule has 2 saturated carbocycles. The molecule has 1 amide bonds. The van der Waals surface area contributed by atoms with Gasteiger partial charge in [-0.2, -0.15) is 0 Å². The van der Waals surface area contributed by atoms with Crippen LogP contribution in [-0.4, -0.2) is 32.7 Å². The maximum absolute atomic E-state index is 12.1. The molecule has 110 valence electrons. The first-order valence-corrected chi connectivity index (χ1v) is 8.84. The van der Waals surface area contributed by atoms with Gasteiger partial charge in [0.25, 0.3) is 0 Å². The molecule has 0 unspecified atom stereocenters. The number of fused-ring (bicyclic) bond motifs is 2. The van der Waals surface area contributed by atoms with E-state index in [4.69, 9.17) is 0 Å². The number of rotatable bonds is 6. The van der Waals surface area contributed by atoms with Crippen LogP contribution in [0.25, 0.3) is 0 Å². The molecule has 2 bridgehead atoms. The summed E-state index contributed by atoms with van der Waals surface area (Å²) in [4.78, 5) is 11.5. The zero-order valence-corrected chi connectivity index (χ0v) is 12.5. The van der Waals surface area contributed by atoms with Crippen molar-refractivity contribution in [3.05, 3.63) is 0 Å². The summed E-state index contributed by atoms with van der Waals surface area (Å²) < 4.78 is 26.7. The highest BCUT2D eigenvalue weighted by Crippen LogP contribution is 2.48. The van der Waals surface area contributed by atoms with Crippen LogP contribution in [0.4, 0.5) is 0 Å². The van der Waals surface area contributed by atoms with Crippen molar-refractivity contribution in [3.8, 4) is 0 Å². The molecule has 0 aliphatic heterocycles. The van der Waals surface area contributed by atoms with Crippen molar-refractivity contribution in [1.82, 2.24) is 10.0 Å². The Labute approximate surface area is 115 Å². The predicted molar refractivity (Wildman–Crippen MR) is 74.0 cm³/mol. The van der Waals surface area contributed by atoms with E-state index in [1.807, 2.05) is 6.92 Å². The molecular formula is C13H24N2O3S. The van der Waals surface area contributed by atoms with E-state index in [2.05, 4.69) is 10.0 Å². The minimum absolute atomic E-state index is 0.178. The third kappa shape index (κ3) is 3.69. The molecule has 0 heterocycles. The summed E-state index contributed by atoms with van der Waals surface area (Å²) in [7, 11) is -3.36. The number of carbonyl (C=O) groups excluding carboxylic acids is 1. The summed E-state index contributed by atoms with van der Waals surface area (Å²) in [6, 6.07) is -0.691. The molecule has 19 heavy (non-hydrogen) atoms. The van der Waals surface area contributed by atoms with Gasteiger partial charge in [0.15, 0.2) is 0 Å². The topological polar surface area (TPSA) is 75.3 Å². The molecule has 5 nitrogen and oxygen atoms in total. The van der Waals surface area contributed by atoms with Crippen LogP contribution >= 0.6 is 0 Å². The van der Waals surface area contributed by atoms with Gasteiger partial charge in [-0.3, -0.25) is 4.79 Å². The molecule has 2 N–H and O–H groups in total. The summed E-state index contributed by atoms with van der Waals surface area (Å²) in [5.41, 5.74) is 0. The highest BCUT2D eigenvalue weighted by Gasteiger charge is 2.41. The monoisotopic (exact) mass is 288 g/mol. The molecule has 2 fully saturated rings. The van der Waals surface area contributed by atoms with Gasteiger partial charge in [0.2, 0.25) is 15.9 Å². The number of hydrogen-bond donors (Lipinski definition) is 2. The minimum Gasteiger partial charge on any atom is -0.355 e. The van der Waals surface area contributed by atoms with E-state index in [0.717, 1.165) is 12.3 Å². The highest BCUT2D eigenvalue weighted by atomic mass is 32.2. The Morgan fingerprint density at radius 3 is 2.58 bits per heavy atom. The van der Waals surface area contributed by atoms with Crippen LogP contribution in [0.15, 0.2) is 0 Å². The van der Waals surface area contributed by atoms with Crippen LogP contribution in [0.5, 0.6) is 0 Å². The van der Waals surface area contributed by atoms with Gasteiger partial charge in [-0.05, 0) is 50.9 Å². The van der Waals surface area contributed by atoms with Crippen LogP contribution in [0, 0.1) is 17.8 Å². The Kier molecular flexibility index (Phi) is 4.50. The first-order chi connectivity index (χ1) is 8.91. The van der Waals surface area contributed by atoms with Crippen molar-refractivity contribution in [1.29, 1.82) is 0 Å². The van der Waals surface area contributed by atoms with Crippen LogP contribution in [0.1, 0.15) is 39.5 Å². The molecule has 4 atom stereocenters. The van der Waals surface area contributed by atoms with Crippen LogP contribution in [0.3, 0.4) is 0 Å². The number of likely N-dealkylation sites (N-methyl/N-ethyl adjacent to an activating group) is 1. The first kappa shape index (κ1) is 14.8. The molecule has 2 aliphatic rings. The average Bonchev–Trinajstić information content (AvgIpc) is 2.89. The Hall–Kier alpha value is -0.620. The standard InChI is InChI=1S/C13H24N2O3S/c1-3-14-13(16)9(2)15-19(17,18)8-12-7-10-4-5-11(12)6-10/h9-12,15H,3-8H2,1-2H3,(H,14,16)/t9-,10+,11+,12+/m1/s1. The van der Waals surface area contributed by atoms with Crippen molar-refractivity contribution < 1.29 is 13.2 Å². The minimum atomic E-state index is -3.36. The number of nitrogens with one attached hydrogen (secondary N) is 2. The van der Waals surface area contributed by atoms with Gasteiger partial charge < -0.3 is 5.32 Å². The number of carbonyl (C=O) groups is 1. The Morgan fingerprint density at radius 2 is 2.05 bits per heavy atom. The summed E-state index contributed by atoms with van der Waals surface area (Å²) in [5, 5.41) is 2.62. The second-order valence-electron chi connectivity index (χ2n) is 5.95. The summed E-state index contributed by atoms with van der Waals surface area (Å²) in [5.74, 6) is 1.53. The molecule has 2 aliphatic carbocycles. The third-order valence-electron chi connectivity index (χ3n) is 4.42. The lowest BCUT2D eigenvalue weighted by atomic mass is 9.90. The first-order valence-electron chi connectivity index (χ1n) is 7.19. The van der Waals surface area contributed by atoms with E-state index < -0.39 is 16.1 Å². The molecule has 2 rings (SSSR count). The van der Waals surface area contributed by atoms with Gasteiger partial charge in [0.05, 0.1) is 11.8 Å². The van der Waals surface area contributed by atoms with Crippen molar-refractivity contribution in [2.75, 3.05) is 12.3 Å². The van der Waals surface area contributed by atoms with E-state index >= 15 is 0 Å². The Bertz CT molecular complexity index is 435. The maximum atomic E-state index is 12.1. The fraction of sp³-hybridized carbons (Fsp3) is 0.923. The number of hydrogen-bond acceptors (Lipinski definition) is 3. The molecule has 0 aromatic heterocycles. The number of amides is 1. The van der Waals surface area contributed by atoms with E-state index in [-0.39, 0.29) is 17.6 Å². The second kappa shape index (κ2) is 5.79. The quantitative estimate of drug-likeness (QED) is 0.761. The largest absolute Gasteiger partial charge is 0.355 e. The van der Waals surface area contributed by atoms with Crippen LogP contribution in [0.2, 0.25) is 0 Å². The van der Waals surface area contributed by atoms with Crippen LogP contribution < -0.4 is 10.0 Å². The van der Waals surface area contributed by atoms with Gasteiger partial charge in [-0.1, -0.05) is 6.42 Å². The fourth-order valence-corrected chi connectivity index (χ4v) is 5.27. The zero-order valence-electron chi connectivity index (χ0n) is 11.7. The van der Waals surface area contributed by atoms with E-state index in [1.54, 1.807) is 6.92 Å². The summed E-state index contributed by atoms with van der Waals surface area (Å²) in [6.45, 7) is 3.91. The second-order valence-corrected chi connectivity index (χ2v) is 7.75. The number of sulfonamides is 1. The van der Waals surface area contributed by atoms with Gasteiger partial charge in [-0.15, -0.1) is 0 Å². The molecule has 0 aromatic carbocycles. The predicted octanol–water partition coefficient (Wildman–Crippen LogP) is 0.867. The van der Waals surface area contributed by atoms with Crippen molar-refractivity contribution in [2.24, 2.45) is 17.8 Å². The molecule has 6 heteroatoms. The SMILES string of the molecule is CCNC(=O)[C@@H](C)NS(=O)(=O)C[C@@H]1C[C@H]2CC[C@H]1C2. The molecular weight excluding hydrogens is 264 g/mol. The summed E-state index contributed by atoms with van der Waals surface area (Å²) >= 11 is 0. The summed E-state index contributed by atoms with van der Waals surface area (Å²) in [6.07, 6.45) is 4.69. The van der Waals surface area contributed by atoms with E-state index in [0.29, 0.717) is 12.5 Å². The van der Waals surface area contributed by atoms with Crippen LogP contribution in [-0.2, 0) is 14.8 Å². The van der Waals surface area contributed by atoms with Crippen molar-refractivity contribution in [3.63, 3.8) is 0 Å².